The smallest absolute Gasteiger partial charge is 0.241 e. The number of nitrogen functional groups attached to an aromatic ring is 1. The molecule has 0 aliphatic heterocycles. The lowest BCUT2D eigenvalue weighted by Gasteiger charge is -2.05. The molecule has 2 aromatic rings. The van der Waals surface area contributed by atoms with Crippen LogP contribution in [0, 0.1) is 5.82 Å². The molecule has 0 atom stereocenters. The number of nitrogens with zero attached hydrogens (tertiary/aromatic N) is 2. The fourth-order valence-electron chi connectivity index (χ4n) is 1.47. The number of rotatable bonds is 4. The second-order valence-corrected chi connectivity index (χ2v) is 3.87. The van der Waals surface area contributed by atoms with Gasteiger partial charge >= 0.3 is 0 Å². The molecule has 0 aliphatic carbocycles. The van der Waals surface area contributed by atoms with Crippen molar-refractivity contribution in [3.05, 3.63) is 48.0 Å². The number of benzene rings is 1. The highest BCUT2D eigenvalue weighted by Gasteiger charge is 2.03. The number of anilines is 1. The Morgan fingerprint density at radius 1 is 1.39 bits per heavy atom. The lowest BCUT2D eigenvalue weighted by molar-refractivity contribution is -0.122. The summed E-state index contributed by atoms with van der Waals surface area (Å²) in [4.78, 5) is 11.6. The standard InChI is InChI=1S/C12H13FN4O/c13-10-3-1-9(2-4-10)5-15-12(18)8-17-7-11(14)6-16-17/h1-4,6-7H,5,8,14H2,(H,15,18). The number of aromatic nitrogens is 2. The van der Waals surface area contributed by atoms with Crippen LogP contribution in [-0.2, 0) is 17.9 Å². The topological polar surface area (TPSA) is 72.9 Å². The van der Waals surface area contributed by atoms with E-state index in [2.05, 4.69) is 10.4 Å². The van der Waals surface area contributed by atoms with Gasteiger partial charge in [-0.2, -0.15) is 5.10 Å². The van der Waals surface area contributed by atoms with Crippen molar-refractivity contribution in [2.45, 2.75) is 13.1 Å². The number of halogens is 1. The van der Waals surface area contributed by atoms with E-state index < -0.39 is 0 Å². The molecule has 0 aliphatic rings. The highest BCUT2D eigenvalue weighted by Crippen LogP contribution is 2.02. The number of nitrogens with one attached hydrogen (secondary N) is 1. The van der Waals surface area contributed by atoms with Gasteiger partial charge in [0, 0.05) is 12.7 Å². The number of hydrogen-bond donors (Lipinski definition) is 2. The third-order valence-corrected chi connectivity index (χ3v) is 2.36. The minimum atomic E-state index is -0.294. The summed E-state index contributed by atoms with van der Waals surface area (Å²) in [5.41, 5.74) is 6.84. The van der Waals surface area contributed by atoms with E-state index in [1.54, 1.807) is 18.3 Å². The molecule has 2 rings (SSSR count). The predicted octanol–water partition coefficient (Wildman–Crippen LogP) is 0.921. The maximum atomic E-state index is 12.7. The first-order valence-corrected chi connectivity index (χ1v) is 5.42. The Morgan fingerprint density at radius 2 is 2.11 bits per heavy atom. The molecule has 18 heavy (non-hydrogen) atoms. The van der Waals surface area contributed by atoms with Crippen LogP contribution in [0.2, 0.25) is 0 Å². The van der Waals surface area contributed by atoms with Gasteiger partial charge in [-0.05, 0) is 17.7 Å². The van der Waals surface area contributed by atoms with Crippen LogP contribution < -0.4 is 11.1 Å². The normalized spacial score (nSPS) is 10.3. The second-order valence-electron chi connectivity index (χ2n) is 3.87. The number of carbonyl (C=O) groups is 1. The van der Waals surface area contributed by atoms with Crippen molar-refractivity contribution >= 4 is 11.6 Å². The van der Waals surface area contributed by atoms with E-state index in [1.807, 2.05) is 0 Å². The molecule has 0 radical (unpaired) electrons. The van der Waals surface area contributed by atoms with Gasteiger partial charge in [0.25, 0.3) is 0 Å². The van der Waals surface area contributed by atoms with Gasteiger partial charge < -0.3 is 11.1 Å². The SMILES string of the molecule is Nc1cnn(CC(=O)NCc2ccc(F)cc2)c1. The van der Waals surface area contributed by atoms with E-state index in [0.717, 1.165) is 5.56 Å². The number of amides is 1. The van der Waals surface area contributed by atoms with E-state index in [4.69, 9.17) is 5.73 Å². The first-order valence-electron chi connectivity index (χ1n) is 5.42. The maximum Gasteiger partial charge on any atom is 0.241 e. The van der Waals surface area contributed by atoms with E-state index in [9.17, 15) is 9.18 Å². The molecule has 0 fully saturated rings. The summed E-state index contributed by atoms with van der Waals surface area (Å²) in [6.45, 7) is 0.467. The largest absolute Gasteiger partial charge is 0.396 e. The third-order valence-electron chi connectivity index (χ3n) is 2.36. The highest BCUT2D eigenvalue weighted by molar-refractivity contribution is 5.75. The van der Waals surface area contributed by atoms with Crippen molar-refractivity contribution in [1.82, 2.24) is 15.1 Å². The molecular formula is C12H13FN4O. The molecule has 6 heteroatoms. The molecule has 0 saturated carbocycles. The Hall–Kier alpha value is -2.37. The van der Waals surface area contributed by atoms with Crippen molar-refractivity contribution in [2.75, 3.05) is 5.73 Å². The van der Waals surface area contributed by atoms with Crippen LogP contribution in [0.1, 0.15) is 5.56 Å². The summed E-state index contributed by atoms with van der Waals surface area (Å²) in [6.07, 6.45) is 3.06. The van der Waals surface area contributed by atoms with E-state index in [-0.39, 0.29) is 18.3 Å². The van der Waals surface area contributed by atoms with Gasteiger partial charge in [-0.15, -0.1) is 0 Å². The Kier molecular flexibility index (Phi) is 3.57. The van der Waals surface area contributed by atoms with Gasteiger partial charge in [0.05, 0.1) is 11.9 Å². The van der Waals surface area contributed by atoms with Gasteiger partial charge in [-0.1, -0.05) is 12.1 Å². The van der Waals surface area contributed by atoms with E-state index >= 15 is 0 Å². The quantitative estimate of drug-likeness (QED) is 0.845. The zero-order valence-electron chi connectivity index (χ0n) is 9.64. The third kappa shape index (κ3) is 3.31. The Bertz CT molecular complexity index is 535. The molecule has 3 N–H and O–H groups in total. The Balaban J connectivity index is 1.83. The maximum absolute atomic E-state index is 12.7. The molecule has 94 valence electrons. The summed E-state index contributed by atoms with van der Waals surface area (Å²) < 4.78 is 14.1. The van der Waals surface area contributed by atoms with Crippen LogP contribution in [0.5, 0.6) is 0 Å². The van der Waals surface area contributed by atoms with Gasteiger partial charge in [0.2, 0.25) is 5.91 Å². The predicted molar refractivity (Wildman–Crippen MR) is 64.9 cm³/mol. The summed E-state index contributed by atoms with van der Waals surface area (Å²) in [7, 11) is 0. The molecule has 1 heterocycles. The minimum absolute atomic E-state index is 0.110. The Labute approximate surface area is 103 Å². The van der Waals surface area contributed by atoms with Crippen LogP contribution in [0.3, 0.4) is 0 Å². The van der Waals surface area contributed by atoms with Crippen molar-refractivity contribution in [1.29, 1.82) is 0 Å². The molecule has 1 aromatic carbocycles. The summed E-state index contributed by atoms with van der Waals surface area (Å²) >= 11 is 0. The molecule has 0 spiro atoms. The Morgan fingerprint density at radius 3 is 2.72 bits per heavy atom. The van der Waals surface area contributed by atoms with E-state index in [1.165, 1.54) is 23.0 Å². The summed E-state index contributed by atoms with van der Waals surface area (Å²) in [6, 6.07) is 5.97. The molecular weight excluding hydrogens is 235 g/mol. The highest BCUT2D eigenvalue weighted by atomic mass is 19.1. The van der Waals surface area contributed by atoms with Crippen molar-refractivity contribution in [3.8, 4) is 0 Å². The molecule has 1 aromatic heterocycles. The lowest BCUT2D eigenvalue weighted by Crippen LogP contribution is -2.27. The zero-order valence-corrected chi connectivity index (χ0v) is 9.64. The molecule has 1 amide bonds. The summed E-state index contributed by atoms with van der Waals surface area (Å²) in [5, 5.41) is 6.62. The molecule has 0 bridgehead atoms. The minimum Gasteiger partial charge on any atom is -0.396 e. The first-order chi connectivity index (χ1) is 8.63. The fourth-order valence-corrected chi connectivity index (χ4v) is 1.47. The summed E-state index contributed by atoms with van der Waals surface area (Å²) in [5.74, 6) is -0.473. The van der Waals surface area contributed by atoms with E-state index in [0.29, 0.717) is 12.2 Å². The average molecular weight is 248 g/mol. The van der Waals surface area contributed by atoms with Gasteiger partial charge in [0.1, 0.15) is 12.4 Å². The zero-order chi connectivity index (χ0) is 13.0. The van der Waals surface area contributed by atoms with Crippen LogP contribution in [0.4, 0.5) is 10.1 Å². The second kappa shape index (κ2) is 5.31. The van der Waals surface area contributed by atoms with Gasteiger partial charge in [-0.3, -0.25) is 9.48 Å². The first kappa shape index (κ1) is 12.1. The van der Waals surface area contributed by atoms with Crippen molar-refractivity contribution < 1.29 is 9.18 Å². The number of carbonyl (C=O) groups excluding carboxylic acids is 1. The van der Waals surface area contributed by atoms with Crippen LogP contribution in [0.25, 0.3) is 0 Å². The molecule has 5 nitrogen and oxygen atoms in total. The van der Waals surface area contributed by atoms with Crippen LogP contribution in [-0.4, -0.2) is 15.7 Å². The molecule has 0 saturated heterocycles. The van der Waals surface area contributed by atoms with Gasteiger partial charge in [-0.25, -0.2) is 4.39 Å². The van der Waals surface area contributed by atoms with Gasteiger partial charge in [0.15, 0.2) is 0 Å². The monoisotopic (exact) mass is 248 g/mol. The van der Waals surface area contributed by atoms with Crippen LogP contribution >= 0.6 is 0 Å². The van der Waals surface area contributed by atoms with Crippen molar-refractivity contribution in [3.63, 3.8) is 0 Å². The molecule has 0 unspecified atom stereocenters. The van der Waals surface area contributed by atoms with Crippen LogP contribution in [0.15, 0.2) is 36.7 Å². The van der Waals surface area contributed by atoms with Crippen molar-refractivity contribution in [2.24, 2.45) is 0 Å². The lowest BCUT2D eigenvalue weighted by atomic mass is 10.2. The fraction of sp³-hybridized carbons (Fsp3) is 0.167. The number of hydrogen-bond acceptors (Lipinski definition) is 3. The number of nitrogens with two attached hydrogens (primary N) is 1. The average Bonchev–Trinajstić information content (AvgIpc) is 2.74.